The molecule has 116 valence electrons. The number of anilines is 1. The predicted molar refractivity (Wildman–Crippen MR) is 92.9 cm³/mol. The van der Waals surface area contributed by atoms with E-state index < -0.39 is 0 Å². The first-order valence-electron chi connectivity index (χ1n) is 6.76. The van der Waals surface area contributed by atoms with Gasteiger partial charge in [-0.3, -0.25) is 9.59 Å². The van der Waals surface area contributed by atoms with E-state index in [9.17, 15) is 9.59 Å². The molecule has 1 fully saturated rings. The van der Waals surface area contributed by atoms with Gasteiger partial charge in [-0.1, -0.05) is 29.8 Å². The van der Waals surface area contributed by atoms with E-state index in [1.807, 2.05) is 18.2 Å². The van der Waals surface area contributed by atoms with E-state index in [-0.39, 0.29) is 11.1 Å². The van der Waals surface area contributed by atoms with Crippen molar-refractivity contribution in [3.8, 4) is 5.75 Å². The molecule has 0 bridgehead atoms. The smallest absolute Gasteiger partial charge is 0.298 e. The van der Waals surface area contributed by atoms with Crippen LogP contribution in [0.1, 0.15) is 5.56 Å². The van der Waals surface area contributed by atoms with Gasteiger partial charge in [0.2, 0.25) is 0 Å². The number of carbonyl (C=O) groups excluding carboxylic acids is 2. The Balaban J connectivity index is 1.93. The summed E-state index contributed by atoms with van der Waals surface area (Å²) in [6, 6.07) is 13.9. The molecule has 23 heavy (non-hydrogen) atoms. The molecule has 0 N–H and O–H groups in total. The molecule has 0 atom stereocenters. The van der Waals surface area contributed by atoms with Gasteiger partial charge in [0.25, 0.3) is 11.1 Å². The monoisotopic (exact) mass is 345 g/mol. The summed E-state index contributed by atoms with van der Waals surface area (Å²) >= 11 is 6.84. The van der Waals surface area contributed by atoms with E-state index in [0.717, 1.165) is 22.2 Å². The molecule has 0 radical (unpaired) electrons. The van der Waals surface area contributed by atoms with Crippen LogP contribution in [-0.2, 0) is 4.79 Å². The van der Waals surface area contributed by atoms with Gasteiger partial charge in [-0.25, -0.2) is 4.90 Å². The van der Waals surface area contributed by atoms with Crippen molar-refractivity contribution in [1.29, 1.82) is 0 Å². The highest BCUT2D eigenvalue weighted by Gasteiger charge is 2.36. The summed E-state index contributed by atoms with van der Waals surface area (Å²) in [6.45, 7) is 0. The van der Waals surface area contributed by atoms with Crippen LogP contribution in [0.4, 0.5) is 10.5 Å². The zero-order chi connectivity index (χ0) is 16.4. The molecule has 0 aliphatic carbocycles. The zero-order valence-electron chi connectivity index (χ0n) is 12.2. The van der Waals surface area contributed by atoms with E-state index in [1.165, 1.54) is 0 Å². The Bertz CT molecular complexity index is 819. The molecule has 0 spiro atoms. The maximum Gasteiger partial charge on any atom is 0.298 e. The Hall–Kier alpha value is -2.24. The number of methoxy groups -OCH3 is 1. The molecule has 2 aromatic carbocycles. The normalized spacial score (nSPS) is 16.3. The molecule has 1 aliphatic rings. The van der Waals surface area contributed by atoms with Gasteiger partial charge >= 0.3 is 0 Å². The number of thioether (sulfide) groups is 1. The molecule has 2 amide bonds. The third-order valence-corrected chi connectivity index (χ3v) is 4.36. The van der Waals surface area contributed by atoms with Gasteiger partial charge in [0.05, 0.1) is 17.7 Å². The van der Waals surface area contributed by atoms with Gasteiger partial charge in [0.1, 0.15) is 5.75 Å². The number of hydrogen-bond donors (Lipinski definition) is 0. The van der Waals surface area contributed by atoms with Crippen LogP contribution in [0.25, 0.3) is 6.08 Å². The van der Waals surface area contributed by atoms with Crippen molar-refractivity contribution in [2.45, 2.75) is 0 Å². The molecular formula is C17H12ClNO3S. The first-order valence-corrected chi connectivity index (χ1v) is 7.95. The number of rotatable bonds is 3. The number of benzene rings is 2. The van der Waals surface area contributed by atoms with Crippen LogP contribution in [0.3, 0.4) is 0 Å². The second-order valence-electron chi connectivity index (χ2n) is 4.77. The largest absolute Gasteiger partial charge is 0.497 e. The summed E-state index contributed by atoms with van der Waals surface area (Å²) in [7, 11) is 1.58. The molecule has 1 heterocycles. The second kappa shape index (κ2) is 6.48. The molecule has 2 aromatic rings. The average Bonchev–Trinajstić information content (AvgIpc) is 2.81. The summed E-state index contributed by atoms with van der Waals surface area (Å²) < 4.78 is 5.16. The number of imide groups is 1. The van der Waals surface area contributed by atoms with Gasteiger partial charge in [-0.2, -0.15) is 0 Å². The lowest BCUT2D eigenvalue weighted by atomic mass is 10.2. The van der Waals surface area contributed by atoms with Crippen molar-refractivity contribution in [2.24, 2.45) is 0 Å². The minimum Gasteiger partial charge on any atom is -0.497 e. The number of carbonyl (C=O) groups is 2. The number of amides is 2. The topological polar surface area (TPSA) is 46.6 Å². The minimum absolute atomic E-state index is 0.341. The fourth-order valence-corrected chi connectivity index (χ4v) is 3.21. The Morgan fingerprint density at radius 2 is 1.91 bits per heavy atom. The number of ether oxygens (including phenoxy) is 1. The van der Waals surface area contributed by atoms with Gasteiger partial charge in [-0.05, 0) is 53.7 Å². The molecule has 0 aromatic heterocycles. The van der Waals surface area contributed by atoms with E-state index in [2.05, 4.69) is 0 Å². The maximum atomic E-state index is 12.5. The van der Waals surface area contributed by atoms with Crippen LogP contribution >= 0.6 is 23.4 Å². The van der Waals surface area contributed by atoms with Crippen LogP contribution in [0.2, 0.25) is 5.02 Å². The Kier molecular flexibility index (Phi) is 4.41. The van der Waals surface area contributed by atoms with E-state index in [4.69, 9.17) is 16.3 Å². The van der Waals surface area contributed by atoms with Crippen LogP contribution in [-0.4, -0.2) is 18.3 Å². The quantitative estimate of drug-likeness (QED) is 0.763. The van der Waals surface area contributed by atoms with E-state index in [0.29, 0.717) is 21.4 Å². The van der Waals surface area contributed by atoms with Crippen LogP contribution in [0.15, 0.2) is 53.4 Å². The molecule has 1 saturated heterocycles. The third-order valence-electron chi connectivity index (χ3n) is 3.25. The molecule has 6 heteroatoms. The van der Waals surface area contributed by atoms with Crippen molar-refractivity contribution < 1.29 is 14.3 Å². The lowest BCUT2D eigenvalue weighted by molar-refractivity contribution is -0.113. The molecule has 4 nitrogen and oxygen atoms in total. The number of hydrogen-bond acceptors (Lipinski definition) is 4. The van der Waals surface area contributed by atoms with Crippen molar-refractivity contribution in [2.75, 3.05) is 12.0 Å². The van der Waals surface area contributed by atoms with Crippen molar-refractivity contribution in [3.05, 3.63) is 64.0 Å². The lowest BCUT2D eigenvalue weighted by Gasteiger charge is -2.12. The van der Waals surface area contributed by atoms with Gasteiger partial charge in [0, 0.05) is 5.02 Å². The van der Waals surface area contributed by atoms with Crippen molar-refractivity contribution in [3.63, 3.8) is 0 Å². The summed E-state index contributed by atoms with van der Waals surface area (Å²) in [5.41, 5.74) is 1.26. The summed E-state index contributed by atoms with van der Waals surface area (Å²) in [5.74, 6) is 0.331. The SMILES string of the molecule is COc1cccc(/C=C2\SC(=O)N(c3cccc(Cl)c3)C2=O)c1. The fourth-order valence-electron chi connectivity index (χ4n) is 2.19. The van der Waals surface area contributed by atoms with Gasteiger partial charge < -0.3 is 4.74 Å². The first kappa shape index (κ1) is 15.6. The summed E-state index contributed by atoms with van der Waals surface area (Å²) in [4.78, 5) is 26.2. The number of nitrogens with zero attached hydrogens (tertiary/aromatic N) is 1. The van der Waals surface area contributed by atoms with Crippen LogP contribution in [0.5, 0.6) is 5.75 Å². The molecule has 3 rings (SSSR count). The molecule has 1 aliphatic heterocycles. The first-order chi connectivity index (χ1) is 11.1. The Morgan fingerprint density at radius 3 is 2.65 bits per heavy atom. The fraction of sp³-hybridized carbons (Fsp3) is 0.0588. The predicted octanol–water partition coefficient (Wildman–Crippen LogP) is 4.59. The summed E-state index contributed by atoms with van der Waals surface area (Å²) in [6.07, 6.45) is 1.68. The molecule has 0 saturated carbocycles. The van der Waals surface area contributed by atoms with Crippen molar-refractivity contribution >= 4 is 46.3 Å². The molecular weight excluding hydrogens is 334 g/mol. The standard InChI is InChI=1S/C17H12ClNO3S/c1-22-14-7-2-4-11(8-14)9-15-16(20)19(17(21)23-15)13-6-3-5-12(18)10-13/h2-10H,1H3/b15-9-. The zero-order valence-corrected chi connectivity index (χ0v) is 13.7. The highest BCUT2D eigenvalue weighted by Crippen LogP contribution is 2.36. The van der Waals surface area contributed by atoms with Crippen LogP contribution < -0.4 is 9.64 Å². The van der Waals surface area contributed by atoms with Crippen LogP contribution in [0, 0.1) is 0 Å². The van der Waals surface area contributed by atoms with E-state index >= 15 is 0 Å². The maximum absolute atomic E-state index is 12.5. The molecule has 0 unspecified atom stereocenters. The number of halogens is 1. The second-order valence-corrected chi connectivity index (χ2v) is 6.20. The van der Waals surface area contributed by atoms with Gasteiger partial charge in [-0.15, -0.1) is 0 Å². The average molecular weight is 346 g/mol. The Labute approximate surface area is 142 Å². The Morgan fingerprint density at radius 1 is 1.13 bits per heavy atom. The highest BCUT2D eigenvalue weighted by atomic mass is 35.5. The highest BCUT2D eigenvalue weighted by molar-refractivity contribution is 8.19. The lowest BCUT2D eigenvalue weighted by Crippen LogP contribution is -2.27. The minimum atomic E-state index is -0.356. The third kappa shape index (κ3) is 3.25. The van der Waals surface area contributed by atoms with E-state index in [1.54, 1.807) is 43.5 Å². The van der Waals surface area contributed by atoms with Gasteiger partial charge in [0.15, 0.2) is 0 Å². The van der Waals surface area contributed by atoms with Crippen molar-refractivity contribution in [1.82, 2.24) is 0 Å². The summed E-state index contributed by atoms with van der Waals surface area (Å²) in [5, 5.41) is 0.129.